The molecule has 2 aromatic rings. The van der Waals surface area contributed by atoms with Crippen molar-refractivity contribution in [3.8, 4) is 0 Å². The van der Waals surface area contributed by atoms with E-state index in [4.69, 9.17) is 4.74 Å². The van der Waals surface area contributed by atoms with Gasteiger partial charge in [-0.15, -0.1) is 0 Å². The highest BCUT2D eigenvalue weighted by Crippen LogP contribution is 2.15. The Morgan fingerprint density at radius 3 is 2.36 bits per heavy atom. The summed E-state index contributed by atoms with van der Waals surface area (Å²) in [7, 11) is 1.27. The third-order valence-electron chi connectivity index (χ3n) is 4.18. The van der Waals surface area contributed by atoms with Gasteiger partial charge in [-0.05, 0) is 36.1 Å². The van der Waals surface area contributed by atoms with Crippen molar-refractivity contribution in [2.24, 2.45) is 0 Å². The van der Waals surface area contributed by atoms with E-state index in [1.54, 1.807) is 30.3 Å². The number of amides is 1. The molecule has 2 rings (SSSR count). The lowest BCUT2D eigenvalue weighted by Crippen LogP contribution is -2.45. The third-order valence-corrected chi connectivity index (χ3v) is 4.18. The molecule has 0 aliphatic carbocycles. The van der Waals surface area contributed by atoms with Crippen LogP contribution in [-0.2, 0) is 20.7 Å². The summed E-state index contributed by atoms with van der Waals surface area (Å²) in [6.07, 6.45) is -1.05. The van der Waals surface area contributed by atoms with E-state index < -0.39 is 24.0 Å². The van der Waals surface area contributed by atoms with Crippen molar-refractivity contribution in [1.82, 2.24) is 5.32 Å². The molecule has 0 aromatic heterocycles. The molecule has 0 fully saturated rings. The van der Waals surface area contributed by atoms with Gasteiger partial charge in [0.15, 0.2) is 6.10 Å². The van der Waals surface area contributed by atoms with E-state index in [0.29, 0.717) is 12.0 Å². The highest BCUT2D eigenvalue weighted by molar-refractivity contribution is 5.87. The van der Waals surface area contributed by atoms with E-state index in [-0.39, 0.29) is 0 Å². The number of aryl methyl sites for hydroxylation is 2. The summed E-state index contributed by atoms with van der Waals surface area (Å²) in [4.78, 5) is 24.4. The molecule has 2 atom stereocenters. The first-order valence-electron chi connectivity index (χ1n) is 8.09. The monoisotopic (exact) mass is 341 g/mol. The Labute approximate surface area is 147 Å². The Morgan fingerprint density at radius 1 is 1.08 bits per heavy atom. The summed E-state index contributed by atoms with van der Waals surface area (Å²) >= 11 is 0. The second-order valence-electron chi connectivity index (χ2n) is 6.02. The molecule has 2 aromatic carbocycles. The van der Waals surface area contributed by atoms with Gasteiger partial charge in [0.2, 0.25) is 0 Å². The fraction of sp³-hybridized carbons (Fsp3) is 0.300. The van der Waals surface area contributed by atoms with Crippen molar-refractivity contribution >= 4 is 11.9 Å². The normalized spacial score (nSPS) is 13.0. The minimum atomic E-state index is -1.34. The molecule has 0 saturated heterocycles. The number of esters is 1. The standard InChI is InChI=1S/C20H23NO4/c1-13-9-10-15(11-14(13)2)12-17(20(24)25-3)21-19(23)18(22)16-7-5-4-6-8-16/h4-11,17-18,22H,12H2,1-3H3,(H,21,23)/t17-,18-/m0/s1. The number of carbonyl (C=O) groups excluding carboxylic acids is 2. The lowest BCUT2D eigenvalue weighted by molar-refractivity contribution is -0.146. The Hall–Kier alpha value is -2.66. The zero-order valence-corrected chi connectivity index (χ0v) is 14.7. The molecule has 0 heterocycles. The molecular formula is C20H23NO4. The van der Waals surface area contributed by atoms with Crippen LogP contribution in [0.25, 0.3) is 0 Å². The van der Waals surface area contributed by atoms with E-state index >= 15 is 0 Å². The number of hydrogen-bond donors (Lipinski definition) is 2. The second kappa shape index (κ2) is 8.44. The Morgan fingerprint density at radius 2 is 1.76 bits per heavy atom. The van der Waals surface area contributed by atoms with Crippen LogP contribution < -0.4 is 5.32 Å². The van der Waals surface area contributed by atoms with E-state index in [2.05, 4.69) is 5.32 Å². The topological polar surface area (TPSA) is 75.6 Å². The summed E-state index contributed by atoms with van der Waals surface area (Å²) in [6.45, 7) is 4.00. The Bertz CT molecular complexity index is 743. The van der Waals surface area contributed by atoms with Gasteiger partial charge in [0.1, 0.15) is 6.04 Å². The molecule has 0 aliphatic rings. The van der Waals surface area contributed by atoms with E-state index in [1.165, 1.54) is 7.11 Å². The summed E-state index contributed by atoms with van der Waals surface area (Å²) in [5.41, 5.74) is 3.64. The number of aliphatic hydroxyl groups is 1. The molecule has 2 N–H and O–H groups in total. The largest absolute Gasteiger partial charge is 0.467 e. The summed E-state index contributed by atoms with van der Waals surface area (Å²) in [5.74, 6) is -1.18. The fourth-order valence-electron chi connectivity index (χ4n) is 2.54. The quantitative estimate of drug-likeness (QED) is 0.790. The number of hydrogen-bond acceptors (Lipinski definition) is 4. The van der Waals surface area contributed by atoms with Crippen LogP contribution in [0.4, 0.5) is 0 Å². The number of benzene rings is 2. The van der Waals surface area contributed by atoms with Crippen molar-refractivity contribution in [2.45, 2.75) is 32.4 Å². The first-order valence-corrected chi connectivity index (χ1v) is 8.09. The summed E-state index contributed by atoms with van der Waals surface area (Å²) < 4.78 is 4.79. The number of nitrogens with one attached hydrogen (secondary N) is 1. The van der Waals surface area contributed by atoms with Crippen molar-refractivity contribution < 1.29 is 19.4 Å². The lowest BCUT2D eigenvalue weighted by Gasteiger charge is -2.19. The van der Waals surface area contributed by atoms with Crippen LogP contribution in [0, 0.1) is 13.8 Å². The molecule has 5 heteroatoms. The van der Waals surface area contributed by atoms with Crippen molar-refractivity contribution in [2.75, 3.05) is 7.11 Å². The van der Waals surface area contributed by atoms with Crippen molar-refractivity contribution in [3.05, 3.63) is 70.8 Å². The Kier molecular flexibility index (Phi) is 6.31. The minimum Gasteiger partial charge on any atom is -0.467 e. The molecule has 0 bridgehead atoms. The van der Waals surface area contributed by atoms with Gasteiger partial charge in [-0.3, -0.25) is 4.79 Å². The van der Waals surface area contributed by atoms with Crippen LogP contribution >= 0.6 is 0 Å². The average molecular weight is 341 g/mol. The van der Waals surface area contributed by atoms with Crippen LogP contribution in [0.15, 0.2) is 48.5 Å². The number of carbonyl (C=O) groups is 2. The molecule has 1 amide bonds. The molecule has 5 nitrogen and oxygen atoms in total. The maximum Gasteiger partial charge on any atom is 0.328 e. The molecule has 25 heavy (non-hydrogen) atoms. The Balaban J connectivity index is 2.13. The van der Waals surface area contributed by atoms with E-state index in [9.17, 15) is 14.7 Å². The molecule has 0 aliphatic heterocycles. The average Bonchev–Trinajstić information content (AvgIpc) is 2.63. The first kappa shape index (κ1) is 18.7. The zero-order chi connectivity index (χ0) is 18.4. The second-order valence-corrected chi connectivity index (χ2v) is 6.02. The van der Waals surface area contributed by atoms with Gasteiger partial charge in [0.05, 0.1) is 7.11 Å². The summed E-state index contributed by atoms with van der Waals surface area (Å²) in [6, 6.07) is 13.6. The third kappa shape index (κ3) is 4.90. The first-order chi connectivity index (χ1) is 11.9. The minimum absolute atomic E-state index is 0.293. The van der Waals surface area contributed by atoms with Gasteiger partial charge >= 0.3 is 5.97 Å². The van der Waals surface area contributed by atoms with Crippen LogP contribution in [0.2, 0.25) is 0 Å². The van der Waals surface area contributed by atoms with Crippen molar-refractivity contribution in [1.29, 1.82) is 0 Å². The van der Waals surface area contributed by atoms with Gasteiger partial charge in [-0.2, -0.15) is 0 Å². The molecule has 132 valence electrons. The molecule has 0 radical (unpaired) electrons. The zero-order valence-electron chi connectivity index (χ0n) is 14.7. The van der Waals surface area contributed by atoms with Crippen LogP contribution in [0.1, 0.15) is 28.4 Å². The van der Waals surface area contributed by atoms with Gasteiger partial charge in [0, 0.05) is 6.42 Å². The number of rotatable bonds is 6. The number of methoxy groups -OCH3 is 1. The maximum atomic E-state index is 12.3. The van der Waals surface area contributed by atoms with Crippen LogP contribution in [-0.4, -0.2) is 30.1 Å². The van der Waals surface area contributed by atoms with Gasteiger partial charge in [-0.1, -0.05) is 48.5 Å². The molecule has 0 unspecified atom stereocenters. The highest BCUT2D eigenvalue weighted by Gasteiger charge is 2.26. The van der Waals surface area contributed by atoms with Gasteiger partial charge in [0.25, 0.3) is 5.91 Å². The van der Waals surface area contributed by atoms with E-state index in [0.717, 1.165) is 16.7 Å². The van der Waals surface area contributed by atoms with E-state index in [1.807, 2.05) is 32.0 Å². The lowest BCUT2D eigenvalue weighted by atomic mass is 10.0. The fourth-order valence-corrected chi connectivity index (χ4v) is 2.54. The number of aliphatic hydroxyl groups excluding tert-OH is 1. The molecular weight excluding hydrogens is 318 g/mol. The van der Waals surface area contributed by atoms with Crippen LogP contribution in [0.5, 0.6) is 0 Å². The smallest absolute Gasteiger partial charge is 0.328 e. The predicted octanol–water partition coefficient (Wildman–Crippen LogP) is 2.24. The van der Waals surface area contributed by atoms with Gasteiger partial charge in [-0.25, -0.2) is 4.79 Å². The molecule has 0 spiro atoms. The number of ether oxygens (including phenoxy) is 1. The highest BCUT2D eigenvalue weighted by atomic mass is 16.5. The van der Waals surface area contributed by atoms with Crippen LogP contribution in [0.3, 0.4) is 0 Å². The van der Waals surface area contributed by atoms with Crippen molar-refractivity contribution in [3.63, 3.8) is 0 Å². The predicted molar refractivity (Wildman–Crippen MR) is 95.0 cm³/mol. The SMILES string of the molecule is COC(=O)[C@H](Cc1ccc(C)c(C)c1)NC(=O)[C@@H](O)c1ccccc1. The molecule has 0 saturated carbocycles. The maximum absolute atomic E-state index is 12.3. The summed E-state index contributed by atoms with van der Waals surface area (Å²) in [5, 5.41) is 12.8. The van der Waals surface area contributed by atoms with Gasteiger partial charge < -0.3 is 15.2 Å².